The average Bonchev–Trinajstić information content (AvgIpc) is 2.59. The van der Waals surface area contributed by atoms with Crippen molar-refractivity contribution >= 4 is 5.97 Å². The number of aromatic nitrogens is 2. The maximum Gasteiger partial charge on any atom is 0.343 e. The van der Waals surface area contributed by atoms with Crippen molar-refractivity contribution in [2.75, 3.05) is 0 Å². The van der Waals surface area contributed by atoms with E-state index in [1.54, 1.807) is 31.3 Å². The third-order valence-corrected chi connectivity index (χ3v) is 3.32. The molecule has 3 aromatic rings. The lowest BCUT2D eigenvalue weighted by atomic mass is 10.1. The van der Waals surface area contributed by atoms with Crippen LogP contribution < -0.4 is 10.3 Å². The third kappa shape index (κ3) is 3.18. The highest BCUT2D eigenvalue weighted by Crippen LogP contribution is 2.26. The van der Waals surface area contributed by atoms with Crippen LogP contribution in [0.4, 0.5) is 0 Å². The first kappa shape index (κ1) is 14.7. The molecule has 0 aliphatic carbocycles. The molecule has 0 atom stereocenters. The SMILES string of the molecule is Cn1nc(-c2ccccc2)c(OC(=O)c2ccccc2)cc1=O. The number of carbonyl (C=O) groups excluding carboxylic acids is 1. The Morgan fingerprint density at radius 3 is 2.26 bits per heavy atom. The summed E-state index contributed by atoms with van der Waals surface area (Å²) in [4.78, 5) is 24.1. The summed E-state index contributed by atoms with van der Waals surface area (Å²) in [6.45, 7) is 0. The molecule has 5 heteroatoms. The van der Waals surface area contributed by atoms with Gasteiger partial charge in [0.1, 0.15) is 5.69 Å². The van der Waals surface area contributed by atoms with Gasteiger partial charge >= 0.3 is 5.97 Å². The van der Waals surface area contributed by atoms with E-state index in [9.17, 15) is 9.59 Å². The normalized spacial score (nSPS) is 10.3. The van der Waals surface area contributed by atoms with Gasteiger partial charge in [-0.1, -0.05) is 48.5 Å². The predicted octanol–water partition coefficient (Wildman–Crippen LogP) is 2.67. The molecule has 0 N–H and O–H groups in total. The Morgan fingerprint density at radius 2 is 1.61 bits per heavy atom. The van der Waals surface area contributed by atoms with E-state index in [1.807, 2.05) is 36.4 Å². The first-order valence-corrected chi connectivity index (χ1v) is 7.06. The van der Waals surface area contributed by atoms with Crippen LogP contribution in [0.15, 0.2) is 71.5 Å². The van der Waals surface area contributed by atoms with Gasteiger partial charge in [0.2, 0.25) is 0 Å². The number of hydrogen-bond donors (Lipinski definition) is 0. The van der Waals surface area contributed by atoms with Gasteiger partial charge in [-0.25, -0.2) is 9.48 Å². The number of rotatable bonds is 3. The van der Waals surface area contributed by atoms with E-state index >= 15 is 0 Å². The molecule has 0 aliphatic heterocycles. The molecule has 0 amide bonds. The molecule has 1 heterocycles. The van der Waals surface area contributed by atoms with Gasteiger partial charge < -0.3 is 4.74 Å². The molecule has 3 rings (SSSR count). The minimum atomic E-state index is -0.530. The number of carbonyl (C=O) groups is 1. The van der Waals surface area contributed by atoms with Gasteiger partial charge in [0.05, 0.1) is 11.6 Å². The van der Waals surface area contributed by atoms with Gasteiger partial charge in [0.15, 0.2) is 5.75 Å². The molecule has 2 aromatic carbocycles. The molecule has 0 spiro atoms. The second kappa shape index (κ2) is 6.27. The van der Waals surface area contributed by atoms with E-state index in [1.165, 1.54) is 10.7 Å². The molecule has 0 saturated heterocycles. The number of nitrogens with zero attached hydrogens (tertiary/aromatic N) is 2. The van der Waals surface area contributed by atoms with Crippen LogP contribution in [-0.2, 0) is 7.05 Å². The standard InChI is InChI=1S/C18H14N2O3/c1-20-16(21)12-15(17(19-20)13-8-4-2-5-9-13)23-18(22)14-10-6-3-7-11-14/h2-12H,1H3. The van der Waals surface area contributed by atoms with Gasteiger partial charge in [-0.3, -0.25) is 4.79 Å². The fraction of sp³-hybridized carbons (Fsp3) is 0.0556. The van der Waals surface area contributed by atoms with E-state index in [0.29, 0.717) is 11.3 Å². The zero-order valence-electron chi connectivity index (χ0n) is 12.5. The summed E-state index contributed by atoms with van der Waals surface area (Å²) in [6.07, 6.45) is 0. The van der Waals surface area contributed by atoms with Crippen molar-refractivity contribution in [3.8, 4) is 17.0 Å². The maximum atomic E-state index is 12.2. The summed E-state index contributed by atoms with van der Waals surface area (Å²) in [5, 5.41) is 4.22. The smallest absolute Gasteiger partial charge is 0.343 e. The zero-order chi connectivity index (χ0) is 16.2. The average molecular weight is 306 g/mol. The van der Waals surface area contributed by atoms with E-state index in [4.69, 9.17) is 4.74 Å². The highest BCUT2D eigenvalue weighted by molar-refractivity contribution is 5.91. The molecule has 0 aliphatic rings. The second-order valence-corrected chi connectivity index (χ2v) is 4.94. The summed E-state index contributed by atoms with van der Waals surface area (Å²) in [5.41, 5.74) is 1.27. The van der Waals surface area contributed by atoms with Crippen molar-refractivity contribution in [1.82, 2.24) is 9.78 Å². The Morgan fingerprint density at radius 1 is 1.00 bits per heavy atom. The minimum absolute atomic E-state index is 0.146. The second-order valence-electron chi connectivity index (χ2n) is 4.94. The van der Waals surface area contributed by atoms with Gasteiger partial charge in [-0.05, 0) is 12.1 Å². The minimum Gasteiger partial charge on any atom is -0.420 e. The van der Waals surface area contributed by atoms with E-state index in [0.717, 1.165) is 5.56 Å². The summed E-state index contributed by atoms with van der Waals surface area (Å²) >= 11 is 0. The van der Waals surface area contributed by atoms with Crippen molar-refractivity contribution in [3.63, 3.8) is 0 Å². The van der Waals surface area contributed by atoms with Crippen molar-refractivity contribution < 1.29 is 9.53 Å². The molecule has 0 unspecified atom stereocenters. The van der Waals surface area contributed by atoms with E-state index in [2.05, 4.69) is 5.10 Å². The van der Waals surface area contributed by atoms with Gasteiger partial charge in [-0.2, -0.15) is 5.10 Å². The van der Waals surface area contributed by atoms with Crippen molar-refractivity contribution in [1.29, 1.82) is 0 Å². The monoisotopic (exact) mass is 306 g/mol. The van der Waals surface area contributed by atoms with Crippen LogP contribution in [0.5, 0.6) is 5.75 Å². The Balaban J connectivity index is 2.03. The van der Waals surface area contributed by atoms with E-state index < -0.39 is 5.97 Å². The van der Waals surface area contributed by atoms with Crippen LogP contribution in [0.25, 0.3) is 11.3 Å². The predicted molar refractivity (Wildman–Crippen MR) is 86.3 cm³/mol. The molecule has 5 nitrogen and oxygen atoms in total. The fourth-order valence-electron chi connectivity index (χ4n) is 2.13. The van der Waals surface area contributed by atoms with Crippen LogP contribution in [0.2, 0.25) is 0 Å². The number of hydrogen-bond acceptors (Lipinski definition) is 4. The maximum absolute atomic E-state index is 12.2. The Labute approximate surface area is 132 Å². The topological polar surface area (TPSA) is 61.2 Å². The quantitative estimate of drug-likeness (QED) is 0.698. The molecular weight excluding hydrogens is 292 g/mol. The number of ether oxygens (including phenoxy) is 1. The highest BCUT2D eigenvalue weighted by atomic mass is 16.5. The highest BCUT2D eigenvalue weighted by Gasteiger charge is 2.15. The lowest BCUT2D eigenvalue weighted by molar-refractivity contribution is 0.0734. The largest absolute Gasteiger partial charge is 0.420 e. The summed E-state index contributed by atoms with van der Waals surface area (Å²) in [5.74, 6) is -0.383. The van der Waals surface area contributed by atoms with Crippen LogP contribution >= 0.6 is 0 Å². The Hall–Kier alpha value is -3.21. The molecular formula is C18H14N2O3. The molecule has 23 heavy (non-hydrogen) atoms. The van der Waals surface area contributed by atoms with Crippen LogP contribution in [0.1, 0.15) is 10.4 Å². The van der Waals surface area contributed by atoms with Crippen molar-refractivity contribution in [2.24, 2.45) is 7.05 Å². The number of benzene rings is 2. The summed E-state index contributed by atoms with van der Waals surface area (Å²) < 4.78 is 6.62. The molecule has 0 bridgehead atoms. The molecule has 0 fully saturated rings. The molecule has 114 valence electrons. The van der Waals surface area contributed by atoms with E-state index in [-0.39, 0.29) is 11.3 Å². The van der Waals surface area contributed by atoms with Gasteiger partial charge in [-0.15, -0.1) is 0 Å². The Bertz CT molecular complexity index is 887. The first-order chi connectivity index (χ1) is 11.1. The van der Waals surface area contributed by atoms with Crippen molar-refractivity contribution in [2.45, 2.75) is 0 Å². The van der Waals surface area contributed by atoms with Crippen LogP contribution in [0.3, 0.4) is 0 Å². The van der Waals surface area contributed by atoms with Crippen LogP contribution in [-0.4, -0.2) is 15.7 Å². The molecule has 0 saturated carbocycles. The lowest BCUT2D eigenvalue weighted by Gasteiger charge is -2.10. The van der Waals surface area contributed by atoms with Crippen molar-refractivity contribution in [3.05, 3.63) is 82.6 Å². The number of esters is 1. The fourth-order valence-corrected chi connectivity index (χ4v) is 2.13. The summed E-state index contributed by atoms with van der Waals surface area (Å²) in [6, 6.07) is 19.1. The lowest BCUT2D eigenvalue weighted by Crippen LogP contribution is -2.21. The first-order valence-electron chi connectivity index (χ1n) is 7.06. The van der Waals surface area contributed by atoms with Gasteiger partial charge in [0.25, 0.3) is 5.56 Å². The Kier molecular flexibility index (Phi) is 4.01. The van der Waals surface area contributed by atoms with Crippen LogP contribution in [0, 0.1) is 0 Å². The number of aryl methyl sites for hydroxylation is 1. The van der Waals surface area contributed by atoms with Gasteiger partial charge in [0, 0.05) is 12.6 Å². The summed E-state index contributed by atoms with van der Waals surface area (Å²) in [7, 11) is 1.55. The zero-order valence-corrected chi connectivity index (χ0v) is 12.5. The molecule has 0 radical (unpaired) electrons. The third-order valence-electron chi connectivity index (χ3n) is 3.32. The molecule has 1 aromatic heterocycles.